The molecule has 0 aliphatic carbocycles. The topological polar surface area (TPSA) is 88.3 Å². The second-order valence-corrected chi connectivity index (χ2v) is 5.11. The predicted molar refractivity (Wildman–Crippen MR) is 73.6 cm³/mol. The maximum atomic E-state index is 12.1. The standard InChI is InChI=1S/C13H22N4O3/c1-5-6-7-16(4)10(18)8-17-12(9(2)3)11(13(19)20)14-15-17/h9H,5-8H2,1-4H3,(H,19,20). The number of carboxylic acids is 1. The summed E-state index contributed by atoms with van der Waals surface area (Å²) in [5.74, 6) is -1.28. The van der Waals surface area contributed by atoms with Crippen molar-refractivity contribution in [1.82, 2.24) is 19.9 Å². The number of carboxylic acid groups (broad SMARTS) is 1. The van der Waals surface area contributed by atoms with Gasteiger partial charge in [0.2, 0.25) is 5.91 Å². The van der Waals surface area contributed by atoms with Crippen molar-refractivity contribution in [2.75, 3.05) is 13.6 Å². The summed E-state index contributed by atoms with van der Waals surface area (Å²) in [6.07, 6.45) is 1.96. The molecule has 1 rings (SSSR count). The minimum absolute atomic E-state index is 0.0218. The van der Waals surface area contributed by atoms with Crippen molar-refractivity contribution in [2.24, 2.45) is 0 Å². The number of unbranched alkanes of at least 4 members (excludes halogenated alkanes) is 1. The summed E-state index contributed by atoms with van der Waals surface area (Å²) in [7, 11) is 1.74. The molecule has 1 heterocycles. The van der Waals surface area contributed by atoms with E-state index in [0.29, 0.717) is 12.2 Å². The van der Waals surface area contributed by atoms with Gasteiger partial charge in [-0.25, -0.2) is 9.48 Å². The van der Waals surface area contributed by atoms with E-state index in [1.54, 1.807) is 11.9 Å². The fourth-order valence-corrected chi connectivity index (χ4v) is 1.93. The fourth-order valence-electron chi connectivity index (χ4n) is 1.93. The van der Waals surface area contributed by atoms with E-state index in [-0.39, 0.29) is 24.1 Å². The number of carbonyl (C=O) groups is 2. The highest BCUT2D eigenvalue weighted by atomic mass is 16.4. The van der Waals surface area contributed by atoms with Crippen molar-refractivity contribution >= 4 is 11.9 Å². The quantitative estimate of drug-likeness (QED) is 0.815. The van der Waals surface area contributed by atoms with Gasteiger partial charge in [0.05, 0.1) is 5.69 Å². The third-order valence-electron chi connectivity index (χ3n) is 3.08. The van der Waals surface area contributed by atoms with E-state index in [0.717, 1.165) is 12.8 Å². The van der Waals surface area contributed by atoms with E-state index in [1.165, 1.54) is 4.68 Å². The van der Waals surface area contributed by atoms with Crippen molar-refractivity contribution in [3.63, 3.8) is 0 Å². The van der Waals surface area contributed by atoms with Crippen LogP contribution in [0.4, 0.5) is 0 Å². The summed E-state index contributed by atoms with van der Waals surface area (Å²) in [6.45, 7) is 6.48. The number of nitrogens with zero attached hydrogens (tertiary/aromatic N) is 4. The summed E-state index contributed by atoms with van der Waals surface area (Å²) in [5, 5.41) is 16.5. The van der Waals surface area contributed by atoms with Gasteiger partial charge >= 0.3 is 5.97 Å². The molecular formula is C13H22N4O3. The van der Waals surface area contributed by atoms with Crippen LogP contribution >= 0.6 is 0 Å². The van der Waals surface area contributed by atoms with Crippen molar-refractivity contribution in [1.29, 1.82) is 0 Å². The van der Waals surface area contributed by atoms with Crippen LogP contribution in [0.2, 0.25) is 0 Å². The van der Waals surface area contributed by atoms with E-state index >= 15 is 0 Å². The lowest BCUT2D eigenvalue weighted by Gasteiger charge is -2.17. The number of aromatic carboxylic acids is 1. The lowest BCUT2D eigenvalue weighted by Crippen LogP contribution is -2.32. The summed E-state index contributed by atoms with van der Waals surface area (Å²) >= 11 is 0. The minimum atomic E-state index is -1.12. The Morgan fingerprint density at radius 2 is 2.05 bits per heavy atom. The number of amides is 1. The summed E-state index contributed by atoms with van der Waals surface area (Å²) in [6, 6.07) is 0. The smallest absolute Gasteiger partial charge is 0.358 e. The Bertz CT molecular complexity index is 482. The molecule has 112 valence electrons. The molecule has 1 N–H and O–H groups in total. The van der Waals surface area contributed by atoms with Gasteiger partial charge in [-0.05, 0) is 12.3 Å². The molecular weight excluding hydrogens is 260 g/mol. The van der Waals surface area contributed by atoms with Gasteiger partial charge in [0, 0.05) is 13.6 Å². The molecule has 0 unspecified atom stereocenters. The van der Waals surface area contributed by atoms with Crippen LogP contribution in [0.15, 0.2) is 0 Å². The van der Waals surface area contributed by atoms with Gasteiger partial charge in [-0.3, -0.25) is 4.79 Å². The molecule has 0 spiro atoms. The maximum absolute atomic E-state index is 12.1. The molecule has 0 aliphatic heterocycles. The van der Waals surface area contributed by atoms with E-state index < -0.39 is 5.97 Å². The molecule has 7 heteroatoms. The summed E-state index contributed by atoms with van der Waals surface area (Å²) in [4.78, 5) is 24.8. The van der Waals surface area contributed by atoms with Crippen LogP contribution in [-0.2, 0) is 11.3 Å². The van der Waals surface area contributed by atoms with E-state index in [2.05, 4.69) is 17.2 Å². The van der Waals surface area contributed by atoms with Gasteiger partial charge < -0.3 is 10.0 Å². The van der Waals surface area contributed by atoms with Crippen molar-refractivity contribution in [2.45, 2.75) is 46.1 Å². The van der Waals surface area contributed by atoms with Gasteiger partial charge in [0.1, 0.15) is 6.54 Å². The van der Waals surface area contributed by atoms with Gasteiger partial charge in [0.15, 0.2) is 5.69 Å². The number of rotatable bonds is 7. The van der Waals surface area contributed by atoms with Crippen LogP contribution in [0.25, 0.3) is 0 Å². The molecule has 0 aromatic carbocycles. The molecule has 0 aliphatic rings. The van der Waals surface area contributed by atoms with Gasteiger partial charge in [-0.1, -0.05) is 32.4 Å². The third-order valence-corrected chi connectivity index (χ3v) is 3.08. The highest BCUT2D eigenvalue weighted by Gasteiger charge is 2.23. The maximum Gasteiger partial charge on any atom is 0.358 e. The Morgan fingerprint density at radius 3 is 2.55 bits per heavy atom. The highest BCUT2D eigenvalue weighted by Crippen LogP contribution is 2.17. The molecule has 0 fully saturated rings. The Morgan fingerprint density at radius 1 is 1.40 bits per heavy atom. The fraction of sp³-hybridized carbons (Fsp3) is 0.692. The molecule has 0 saturated carbocycles. The van der Waals surface area contributed by atoms with Crippen molar-refractivity contribution in [3.05, 3.63) is 11.4 Å². The zero-order valence-corrected chi connectivity index (χ0v) is 12.5. The first-order valence-electron chi connectivity index (χ1n) is 6.79. The summed E-state index contributed by atoms with van der Waals surface area (Å²) < 4.78 is 1.39. The van der Waals surface area contributed by atoms with Crippen LogP contribution in [-0.4, -0.2) is 50.5 Å². The molecule has 1 amide bonds. The van der Waals surface area contributed by atoms with Crippen molar-refractivity contribution < 1.29 is 14.7 Å². The Labute approximate surface area is 118 Å². The van der Waals surface area contributed by atoms with E-state index in [4.69, 9.17) is 5.11 Å². The first-order chi connectivity index (χ1) is 9.38. The average Bonchev–Trinajstić information content (AvgIpc) is 2.79. The molecule has 0 radical (unpaired) electrons. The SMILES string of the molecule is CCCCN(C)C(=O)Cn1nnc(C(=O)O)c1C(C)C. The van der Waals surface area contributed by atoms with Crippen molar-refractivity contribution in [3.8, 4) is 0 Å². The van der Waals surface area contributed by atoms with E-state index in [9.17, 15) is 9.59 Å². The lowest BCUT2D eigenvalue weighted by molar-refractivity contribution is -0.130. The molecule has 0 saturated heterocycles. The molecule has 1 aromatic heterocycles. The Kier molecular flexibility index (Phi) is 5.66. The first kappa shape index (κ1) is 16.1. The molecule has 7 nitrogen and oxygen atoms in total. The summed E-state index contributed by atoms with van der Waals surface area (Å²) in [5.41, 5.74) is 0.402. The van der Waals surface area contributed by atoms with Crippen LogP contribution < -0.4 is 0 Å². The number of aromatic nitrogens is 3. The van der Waals surface area contributed by atoms with Gasteiger partial charge in [-0.15, -0.1) is 5.10 Å². The number of likely N-dealkylation sites (N-methyl/N-ethyl adjacent to an activating group) is 1. The third kappa shape index (κ3) is 3.79. The number of carbonyl (C=O) groups excluding carboxylic acids is 1. The molecule has 20 heavy (non-hydrogen) atoms. The number of hydrogen-bond donors (Lipinski definition) is 1. The highest BCUT2D eigenvalue weighted by molar-refractivity contribution is 5.86. The Hall–Kier alpha value is -1.92. The second kappa shape index (κ2) is 7.02. The van der Waals surface area contributed by atoms with E-state index in [1.807, 2.05) is 13.8 Å². The Balaban J connectivity index is 2.87. The van der Waals surface area contributed by atoms with Gasteiger partial charge in [-0.2, -0.15) is 0 Å². The predicted octanol–water partition coefficient (Wildman–Crippen LogP) is 1.36. The molecule has 0 atom stereocenters. The van der Waals surface area contributed by atoms with Gasteiger partial charge in [0.25, 0.3) is 0 Å². The van der Waals surface area contributed by atoms with Crippen LogP contribution in [0.5, 0.6) is 0 Å². The van der Waals surface area contributed by atoms with Crippen LogP contribution in [0.1, 0.15) is 55.7 Å². The van der Waals surface area contributed by atoms with Crippen LogP contribution in [0.3, 0.4) is 0 Å². The average molecular weight is 282 g/mol. The monoisotopic (exact) mass is 282 g/mol. The second-order valence-electron chi connectivity index (χ2n) is 5.11. The van der Waals surface area contributed by atoms with Crippen LogP contribution in [0, 0.1) is 0 Å². The largest absolute Gasteiger partial charge is 0.476 e. The number of hydrogen-bond acceptors (Lipinski definition) is 4. The normalized spacial score (nSPS) is 10.8. The molecule has 1 aromatic rings. The zero-order chi connectivity index (χ0) is 15.3. The molecule has 0 bridgehead atoms. The zero-order valence-electron chi connectivity index (χ0n) is 12.5. The lowest BCUT2D eigenvalue weighted by atomic mass is 10.1. The minimum Gasteiger partial charge on any atom is -0.476 e. The first-order valence-corrected chi connectivity index (χ1v) is 6.79.